The molecule has 1 aliphatic carbocycles. The second kappa shape index (κ2) is 5.10. The molecule has 0 saturated carbocycles. The molecule has 3 nitrogen and oxygen atoms in total. The third-order valence-electron chi connectivity index (χ3n) is 2.83. The minimum atomic E-state index is 0.746. The van der Waals surface area contributed by atoms with Gasteiger partial charge in [0.2, 0.25) is 0 Å². The summed E-state index contributed by atoms with van der Waals surface area (Å²) in [6.45, 7) is 0. The van der Waals surface area contributed by atoms with Crippen LogP contribution in [0.2, 0.25) is 0 Å². The highest BCUT2D eigenvalue weighted by Gasteiger charge is 2.16. The average Bonchev–Trinajstić information content (AvgIpc) is 2.83. The van der Waals surface area contributed by atoms with Gasteiger partial charge in [-0.15, -0.1) is 11.3 Å². The minimum Gasteiger partial charge on any atom is -0.393 e. The number of thiazole rings is 1. The van der Waals surface area contributed by atoms with E-state index in [9.17, 15) is 0 Å². The Balaban J connectivity index is 2.08. The molecule has 92 valence electrons. The standard InChI is InChI=1S/C13H11ClN2OS/c14-16-17-11-7-3-1-5-9(11)13-15-10-6-2-4-8-12(10)18-13/h2-4,6-8,16H,1,5H2. The van der Waals surface area contributed by atoms with Crippen molar-refractivity contribution in [1.82, 2.24) is 9.98 Å². The molecule has 1 heterocycles. The smallest absolute Gasteiger partial charge is 0.154 e. The molecule has 3 rings (SSSR count). The monoisotopic (exact) mass is 278 g/mol. The number of benzene rings is 1. The molecule has 0 aliphatic heterocycles. The fourth-order valence-electron chi connectivity index (χ4n) is 1.99. The maximum atomic E-state index is 5.41. The highest BCUT2D eigenvalue weighted by atomic mass is 35.5. The van der Waals surface area contributed by atoms with Crippen molar-refractivity contribution in [2.24, 2.45) is 0 Å². The third-order valence-corrected chi connectivity index (χ3v) is 4.00. The van der Waals surface area contributed by atoms with Crippen molar-refractivity contribution >= 4 is 38.9 Å². The van der Waals surface area contributed by atoms with Crippen LogP contribution >= 0.6 is 23.1 Å². The molecule has 0 unspecified atom stereocenters. The Bertz CT molecular complexity index is 600. The zero-order valence-electron chi connectivity index (χ0n) is 9.52. The first-order valence-electron chi connectivity index (χ1n) is 5.66. The van der Waals surface area contributed by atoms with Gasteiger partial charge in [-0.25, -0.2) is 4.98 Å². The molecule has 0 fully saturated rings. The topological polar surface area (TPSA) is 34.1 Å². The van der Waals surface area contributed by atoms with Crippen molar-refractivity contribution in [3.8, 4) is 0 Å². The summed E-state index contributed by atoms with van der Waals surface area (Å²) in [6.07, 6.45) is 5.92. The molecule has 1 aromatic carbocycles. The Morgan fingerprint density at radius 1 is 1.33 bits per heavy atom. The molecule has 2 aromatic rings. The van der Waals surface area contributed by atoms with Gasteiger partial charge in [0.15, 0.2) is 5.76 Å². The zero-order valence-corrected chi connectivity index (χ0v) is 11.1. The number of aromatic nitrogens is 1. The molecule has 5 heteroatoms. The van der Waals surface area contributed by atoms with Crippen molar-refractivity contribution < 1.29 is 4.84 Å². The average molecular weight is 279 g/mol. The van der Waals surface area contributed by atoms with Gasteiger partial charge in [-0.2, -0.15) is 0 Å². The van der Waals surface area contributed by atoms with E-state index in [2.05, 4.69) is 22.1 Å². The number of fused-ring (bicyclic) bond motifs is 1. The fraction of sp³-hybridized carbons (Fsp3) is 0.154. The Morgan fingerprint density at radius 3 is 3.06 bits per heavy atom. The SMILES string of the molecule is ClNOC1=C(c2nc3ccccc3s2)CCC=C1. The van der Waals surface area contributed by atoms with E-state index >= 15 is 0 Å². The van der Waals surface area contributed by atoms with Crippen molar-refractivity contribution in [2.45, 2.75) is 12.8 Å². The first-order valence-corrected chi connectivity index (χ1v) is 6.86. The van der Waals surface area contributed by atoms with Crippen molar-refractivity contribution in [2.75, 3.05) is 0 Å². The number of para-hydroxylation sites is 1. The summed E-state index contributed by atoms with van der Waals surface area (Å²) >= 11 is 7.09. The lowest BCUT2D eigenvalue weighted by atomic mass is 10.0. The van der Waals surface area contributed by atoms with Gasteiger partial charge < -0.3 is 4.84 Å². The summed E-state index contributed by atoms with van der Waals surface area (Å²) in [5.74, 6) is 0.746. The highest BCUT2D eigenvalue weighted by Crippen LogP contribution is 2.34. The number of halogens is 1. The van der Waals surface area contributed by atoms with E-state index in [1.807, 2.05) is 24.3 Å². The van der Waals surface area contributed by atoms with Crippen LogP contribution in [0.5, 0.6) is 0 Å². The van der Waals surface area contributed by atoms with E-state index in [1.165, 1.54) is 4.70 Å². The van der Waals surface area contributed by atoms with Gasteiger partial charge in [-0.3, -0.25) is 0 Å². The molecule has 1 N–H and O–H groups in total. The predicted molar refractivity (Wildman–Crippen MR) is 75.0 cm³/mol. The Kier molecular flexibility index (Phi) is 3.32. The van der Waals surface area contributed by atoms with Crippen LogP contribution in [0.3, 0.4) is 0 Å². The number of rotatable bonds is 3. The Hall–Kier alpha value is -1.36. The molecule has 18 heavy (non-hydrogen) atoms. The fourth-order valence-corrected chi connectivity index (χ4v) is 3.12. The summed E-state index contributed by atoms with van der Waals surface area (Å²) in [5, 5.41) is 1.00. The maximum absolute atomic E-state index is 5.41. The summed E-state index contributed by atoms with van der Waals surface area (Å²) in [6, 6.07) is 8.13. The van der Waals surface area contributed by atoms with E-state index in [-0.39, 0.29) is 0 Å². The lowest BCUT2D eigenvalue weighted by Gasteiger charge is -2.12. The van der Waals surface area contributed by atoms with Gasteiger partial charge in [0.05, 0.1) is 10.2 Å². The normalized spacial score (nSPS) is 15.4. The molecule has 0 saturated heterocycles. The highest BCUT2D eigenvalue weighted by molar-refractivity contribution is 7.19. The summed E-state index contributed by atoms with van der Waals surface area (Å²) in [7, 11) is 0. The van der Waals surface area contributed by atoms with E-state index in [1.54, 1.807) is 11.3 Å². The quantitative estimate of drug-likeness (QED) is 0.680. The molecule has 0 atom stereocenters. The van der Waals surface area contributed by atoms with Crippen LogP contribution in [0.15, 0.2) is 42.2 Å². The largest absolute Gasteiger partial charge is 0.393 e. The maximum Gasteiger partial charge on any atom is 0.154 e. The lowest BCUT2D eigenvalue weighted by molar-refractivity contribution is 0.183. The minimum absolute atomic E-state index is 0.746. The van der Waals surface area contributed by atoms with Gasteiger partial charge in [-0.05, 0) is 31.1 Å². The zero-order chi connectivity index (χ0) is 12.4. The predicted octanol–water partition coefficient (Wildman–Crippen LogP) is 4.03. The summed E-state index contributed by atoms with van der Waals surface area (Å²) in [5.41, 5.74) is 2.13. The second-order valence-corrected chi connectivity index (χ2v) is 5.13. The number of nitrogens with one attached hydrogen (secondary N) is 1. The van der Waals surface area contributed by atoms with Crippen molar-refractivity contribution in [3.63, 3.8) is 0 Å². The van der Waals surface area contributed by atoms with Crippen LogP contribution in [-0.4, -0.2) is 4.98 Å². The van der Waals surface area contributed by atoms with Gasteiger partial charge >= 0.3 is 0 Å². The Labute approximate surface area is 114 Å². The third kappa shape index (κ3) is 2.14. The van der Waals surface area contributed by atoms with Crippen molar-refractivity contribution in [1.29, 1.82) is 0 Å². The lowest BCUT2D eigenvalue weighted by Crippen LogP contribution is -2.04. The van der Waals surface area contributed by atoms with E-state index in [4.69, 9.17) is 16.6 Å². The van der Waals surface area contributed by atoms with Gasteiger partial charge in [-0.1, -0.05) is 23.2 Å². The van der Waals surface area contributed by atoms with Gasteiger partial charge in [0.1, 0.15) is 5.01 Å². The van der Waals surface area contributed by atoms with Crippen LogP contribution in [0, 0.1) is 0 Å². The second-order valence-electron chi connectivity index (χ2n) is 3.95. The molecular weight excluding hydrogens is 268 g/mol. The molecular formula is C13H11ClN2OS. The molecule has 0 amide bonds. The molecule has 1 aliphatic rings. The first-order chi connectivity index (χ1) is 8.88. The van der Waals surface area contributed by atoms with Crippen LogP contribution in [0.1, 0.15) is 17.8 Å². The number of hydrogen-bond donors (Lipinski definition) is 1. The molecule has 0 bridgehead atoms. The van der Waals surface area contributed by atoms with Crippen molar-refractivity contribution in [3.05, 3.63) is 47.2 Å². The van der Waals surface area contributed by atoms with Gasteiger partial charge in [0.25, 0.3) is 0 Å². The Morgan fingerprint density at radius 2 is 2.22 bits per heavy atom. The molecule has 1 aromatic heterocycles. The van der Waals surface area contributed by atoms with Crippen LogP contribution in [0.4, 0.5) is 0 Å². The van der Waals surface area contributed by atoms with Crippen LogP contribution in [-0.2, 0) is 4.84 Å². The summed E-state index contributed by atoms with van der Waals surface area (Å²) < 4.78 is 1.19. The van der Waals surface area contributed by atoms with Crippen LogP contribution in [0.25, 0.3) is 15.8 Å². The summed E-state index contributed by atoms with van der Waals surface area (Å²) in [4.78, 5) is 12.1. The molecule has 0 spiro atoms. The molecule has 0 radical (unpaired) electrons. The number of hydrogen-bond acceptors (Lipinski definition) is 4. The van der Waals surface area contributed by atoms with Crippen LogP contribution < -0.4 is 5.00 Å². The van der Waals surface area contributed by atoms with E-state index in [0.717, 1.165) is 34.7 Å². The number of allylic oxidation sites excluding steroid dienone is 3. The van der Waals surface area contributed by atoms with E-state index in [0.29, 0.717) is 0 Å². The van der Waals surface area contributed by atoms with E-state index < -0.39 is 0 Å². The number of nitrogens with zero attached hydrogens (tertiary/aromatic N) is 1. The first kappa shape index (κ1) is 11.7. The van der Waals surface area contributed by atoms with Gasteiger partial charge in [0, 0.05) is 17.3 Å².